The maximum Gasteiger partial charge on any atom is 0.254 e. The molecule has 0 radical (unpaired) electrons. The number of aromatic nitrogens is 2. The Kier molecular flexibility index (Phi) is 5.94. The van der Waals surface area contributed by atoms with Crippen LogP contribution in [0.25, 0.3) is 0 Å². The van der Waals surface area contributed by atoms with Crippen LogP contribution in [0, 0.1) is 31.4 Å². The van der Waals surface area contributed by atoms with Crippen molar-refractivity contribution in [1.29, 1.82) is 0 Å². The van der Waals surface area contributed by atoms with E-state index in [1.807, 2.05) is 32.7 Å². The van der Waals surface area contributed by atoms with Crippen LogP contribution in [0.4, 0.5) is 26.2 Å². The number of fused-ring (bicyclic) bond motifs is 1. The Hall–Kier alpha value is -3.30. The van der Waals surface area contributed by atoms with Crippen LogP contribution in [-0.2, 0) is 4.79 Å². The van der Waals surface area contributed by atoms with Gasteiger partial charge in [-0.2, -0.15) is 4.98 Å². The lowest BCUT2D eigenvalue weighted by atomic mass is 9.99. The summed E-state index contributed by atoms with van der Waals surface area (Å²) in [7, 11) is 1.85. The lowest BCUT2D eigenvalue weighted by Crippen LogP contribution is -2.49. The molecule has 2 amide bonds. The third-order valence-corrected chi connectivity index (χ3v) is 6.24. The Morgan fingerprint density at radius 2 is 1.97 bits per heavy atom. The summed E-state index contributed by atoms with van der Waals surface area (Å²) < 4.78 is 27.3. The molecule has 176 valence electrons. The molecule has 10 heteroatoms. The summed E-state index contributed by atoms with van der Waals surface area (Å²) in [6.07, 6.45) is 0.662. The monoisotopic (exact) mass is 458 g/mol. The summed E-state index contributed by atoms with van der Waals surface area (Å²) in [5, 5.41) is 6.21. The van der Waals surface area contributed by atoms with Gasteiger partial charge in [0.15, 0.2) is 17.5 Å². The second-order valence-corrected chi connectivity index (χ2v) is 9.09. The van der Waals surface area contributed by atoms with Crippen molar-refractivity contribution in [3.05, 3.63) is 40.6 Å². The SMILES string of the molecule is Cc1cc(C(=O)N2CC[C@H](Nc3nc(C)c4c(n3)N(C)[C@@H](C(C)C)C(=O)N4)C2)cc(F)c1F. The van der Waals surface area contributed by atoms with Crippen molar-refractivity contribution in [2.75, 3.05) is 35.7 Å². The molecule has 2 N–H and O–H groups in total. The molecule has 1 fully saturated rings. The van der Waals surface area contributed by atoms with Crippen molar-refractivity contribution in [2.24, 2.45) is 5.92 Å². The molecule has 4 rings (SSSR count). The standard InChI is InChI=1S/C23H28F2N6O2/c1-11(2)19-21(32)28-18-13(4)26-23(29-20(18)30(19)5)27-15-6-7-31(10-15)22(33)14-8-12(3)17(25)16(24)9-14/h8-9,11,15,19H,6-7,10H2,1-5H3,(H,28,32)(H,26,27,29)/t15-,19-/m0/s1. The Bertz CT molecular complexity index is 1100. The number of hydrogen-bond acceptors (Lipinski definition) is 6. The molecular weight excluding hydrogens is 430 g/mol. The number of amides is 2. The number of benzene rings is 1. The Balaban J connectivity index is 1.49. The fourth-order valence-electron chi connectivity index (χ4n) is 4.56. The number of anilines is 3. The second kappa shape index (κ2) is 8.57. The van der Waals surface area contributed by atoms with Gasteiger partial charge in [0, 0.05) is 31.7 Å². The molecular formula is C23H28F2N6O2. The van der Waals surface area contributed by atoms with E-state index in [1.165, 1.54) is 13.0 Å². The average molecular weight is 459 g/mol. The Labute approximate surface area is 191 Å². The molecule has 3 heterocycles. The van der Waals surface area contributed by atoms with E-state index in [2.05, 4.69) is 20.6 Å². The van der Waals surface area contributed by atoms with E-state index in [9.17, 15) is 18.4 Å². The van der Waals surface area contributed by atoms with Crippen LogP contribution in [0.3, 0.4) is 0 Å². The van der Waals surface area contributed by atoms with E-state index < -0.39 is 11.6 Å². The lowest BCUT2D eigenvalue weighted by molar-refractivity contribution is -0.118. The Morgan fingerprint density at radius 1 is 1.24 bits per heavy atom. The first kappa shape index (κ1) is 22.9. The third-order valence-electron chi connectivity index (χ3n) is 6.24. The molecule has 8 nitrogen and oxygen atoms in total. The van der Waals surface area contributed by atoms with Crippen LogP contribution in [0.5, 0.6) is 0 Å². The van der Waals surface area contributed by atoms with Gasteiger partial charge in [0.1, 0.15) is 11.7 Å². The molecule has 1 aromatic heterocycles. The van der Waals surface area contributed by atoms with Gasteiger partial charge in [-0.25, -0.2) is 13.8 Å². The number of likely N-dealkylation sites (N-methyl/N-ethyl adjacent to an activating group) is 1. The molecule has 0 unspecified atom stereocenters. The first-order valence-electron chi connectivity index (χ1n) is 11.0. The predicted molar refractivity (Wildman–Crippen MR) is 121 cm³/mol. The number of nitrogens with zero attached hydrogens (tertiary/aromatic N) is 4. The zero-order chi connectivity index (χ0) is 24.0. The molecule has 1 aromatic carbocycles. The number of carbonyl (C=O) groups excluding carboxylic acids is 2. The molecule has 0 saturated carbocycles. The van der Waals surface area contributed by atoms with E-state index in [0.717, 1.165) is 6.07 Å². The molecule has 2 aliphatic heterocycles. The summed E-state index contributed by atoms with van der Waals surface area (Å²) in [5.41, 5.74) is 1.47. The molecule has 0 spiro atoms. The third kappa shape index (κ3) is 4.21. The largest absolute Gasteiger partial charge is 0.350 e. The Morgan fingerprint density at radius 3 is 2.64 bits per heavy atom. The van der Waals surface area contributed by atoms with Crippen molar-refractivity contribution < 1.29 is 18.4 Å². The highest BCUT2D eigenvalue weighted by Crippen LogP contribution is 2.34. The van der Waals surface area contributed by atoms with E-state index in [0.29, 0.717) is 42.7 Å². The van der Waals surface area contributed by atoms with Crippen molar-refractivity contribution in [3.8, 4) is 0 Å². The number of aryl methyl sites for hydroxylation is 2. The average Bonchev–Trinajstić information content (AvgIpc) is 3.20. The number of halogens is 2. The fourth-order valence-corrected chi connectivity index (χ4v) is 4.56. The van der Waals surface area contributed by atoms with Crippen LogP contribution < -0.4 is 15.5 Å². The minimum absolute atomic E-state index is 0.0789. The first-order valence-corrected chi connectivity index (χ1v) is 11.0. The van der Waals surface area contributed by atoms with E-state index in [1.54, 1.807) is 4.90 Å². The zero-order valence-electron chi connectivity index (χ0n) is 19.4. The van der Waals surface area contributed by atoms with Crippen LogP contribution in [0.1, 0.15) is 41.9 Å². The van der Waals surface area contributed by atoms with E-state index >= 15 is 0 Å². The number of hydrogen-bond donors (Lipinski definition) is 2. The summed E-state index contributed by atoms with van der Waals surface area (Å²) in [6, 6.07) is 1.88. The molecule has 0 bridgehead atoms. The minimum atomic E-state index is -1.03. The summed E-state index contributed by atoms with van der Waals surface area (Å²) in [5.74, 6) is -1.22. The molecule has 2 aliphatic rings. The minimum Gasteiger partial charge on any atom is -0.350 e. The zero-order valence-corrected chi connectivity index (χ0v) is 19.4. The number of nitrogens with one attached hydrogen (secondary N) is 2. The van der Waals surface area contributed by atoms with Crippen molar-refractivity contribution in [3.63, 3.8) is 0 Å². The molecule has 33 heavy (non-hydrogen) atoms. The smallest absolute Gasteiger partial charge is 0.254 e. The van der Waals surface area contributed by atoms with Gasteiger partial charge >= 0.3 is 0 Å². The lowest BCUT2D eigenvalue weighted by Gasteiger charge is -2.37. The van der Waals surface area contributed by atoms with E-state index in [4.69, 9.17) is 0 Å². The van der Waals surface area contributed by atoms with Crippen LogP contribution >= 0.6 is 0 Å². The number of carbonyl (C=O) groups is 2. The maximum absolute atomic E-state index is 13.8. The van der Waals surface area contributed by atoms with Gasteiger partial charge in [-0.1, -0.05) is 13.8 Å². The summed E-state index contributed by atoms with van der Waals surface area (Å²) in [4.78, 5) is 37.9. The summed E-state index contributed by atoms with van der Waals surface area (Å²) >= 11 is 0. The second-order valence-electron chi connectivity index (χ2n) is 9.09. The van der Waals surface area contributed by atoms with Gasteiger partial charge in [-0.15, -0.1) is 0 Å². The quantitative estimate of drug-likeness (QED) is 0.732. The van der Waals surface area contributed by atoms with Crippen molar-refractivity contribution in [1.82, 2.24) is 14.9 Å². The molecule has 1 saturated heterocycles. The fraction of sp³-hybridized carbons (Fsp3) is 0.478. The normalized spacial score (nSPS) is 20.2. The first-order chi connectivity index (χ1) is 15.6. The van der Waals surface area contributed by atoms with Crippen LogP contribution in [0.15, 0.2) is 12.1 Å². The van der Waals surface area contributed by atoms with Crippen molar-refractivity contribution in [2.45, 2.75) is 46.2 Å². The topological polar surface area (TPSA) is 90.5 Å². The highest BCUT2D eigenvalue weighted by Gasteiger charge is 2.36. The maximum atomic E-state index is 13.8. The highest BCUT2D eigenvalue weighted by molar-refractivity contribution is 6.03. The van der Waals surface area contributed by atoms with Gasteiger partial charge in [-0.3, -0.25) is 9.59 Å². The summed E-state index contributed by atoms with van der Waals surface area (Å²) in [6.45, 7) is 8.07. The number of likely N-dealkylation sites (tertiary alicyclic amines) is 1. The van der Waals surface area contributed by atoms with Crippen LogP contribution in [0.2, 0.25) is 0 Å². The highest BCUT2D eigenvalue weighted by atomic mass is 19.2. The molecule has 0 aliphatic carbocycles. The van der Waals surface area contributed by atoms with Gasteiger partial charge in [0.25, 0.3) is 5.91 Å². The van der Waals surface area contributed by atoms with Crippen molar-refractivity contribution >= 4 is 29.3 Å². The predicted octanol–water partition coefficient (Wildman–Crippen LogP) is 3.11. The molecule has 2 atom stereocenters. The van der Waals surface area contributed by atoms with E-state index in [-0.39, 0.29) is 40.9 Å². The molecule has 2 aromatic rings. The van der Waals surface area contributed by atoms with Gasteiger partial charge < -0.3 is 20.4 Å². The van der Waals surface area contributed by atoms with Gasteiger partial charge in [-0.05, 0) is 43.9 Å². The van der Waals surface area contributed by atoms with Crippen LogP contribution in [-0.4, -0.2) is 58.9 Å². The number of rotatable bonds is 4. The van der Waals surface area contributed by atoms with Gasteiger partial charge in [0.05, 0.1) is 5.69 Å². The van der Waals surface area contributed by atoms with Gasteiger partial charge in [0.2, 0.25) is 11.9 Å².